The van der Waals surface area contributed by atoms with E-state index < -0.39 is 12.2 Å². The van der Waals surface area contributed by atoms with Crippen molar-refractivity contribution in [2.24, 2.45) is 0 Å². The fourth-order valence-electron chi connectivity index (χ4n) is 1.51. The van der Waals surface area contributed by atoms with Gasteiger partial charge in [0, 0.05) is 19.6 Å². The lowest BCUT2D eigenvalue weighted by atomic mass is 10.2. The summed E-state index contributed by atoms with van der Waals surface area (Å²) < 4.78 is 41.8. The van der Waals surface area contributed by atoms with Crippen LogP contribution in [-0.2, 0) is 0 Å². The fourth-order valence-corrected chi connectivity index (χ4v) is 1.51. The molecule has 1 saturated heterocycles. The second-order valence-electron chi connectivity index (χ2n) is 3.45. The van der Waals surface area contributed by atoms with Gasteiger partial charge in [0.15, 0.2) is 0 Å². The lowest BCUT2D eigenvalue weighted by molar-refractivity contribution is -0.764. The number of nitrogens with one attached hydrogen (secondary N) is 2. The number of rotatable bonds is 1. The summed E-state index contributed by atoms with van der Waals surface area (Å²) in [5.41, 5.74) is -0.193. The SMILES string of the molecule is N=c1c[n+](N2CCNC(C(F)(F)F)C2)[n-]o1. The molecule has 1 aromatic heterocycles. The standard InChI is InChI=1S/C7H10F3N5O/c8-7(9,10)5-3-14(2-1-12-5)15-4-6(11)16-13-15/h4-5,11-12H,1-3H2. The van der Waals surface area contributed by atoms with Gasteiger partial charge in [-0.3, -0.25) is 10.4 Å². The van der Waals surface area contributed by atoms with Gasteiger partial charge in [-0.15, -0.1) is 0 Å². The van der Waals surface area contributed by atoms with Crippen LogP contribution in [0.2, 0.25) is 0 Å². The third kappa shape index (κ3) is 2.18. The molecular weight excluding hydrogens is 227 g/mol. The predicted octanol–water partition coefficient (Wildman–Crippen LogP) is -1.52. The molecule has 0 bridgehead atoms. The molecule has 0 aliphatic carbocycles. The zero-order valence-corrected chi connectivity index (χ0v) is 8.16. The lowest BCUT2D eigenvalue weighted by Crippen LogP contribution is -2.70. The van der Waals surface area contributed by atoms with E-state index in [-0.39, 0.29) is 18.6 Å². The van der Waals surface area contributed by atoms with Gasteiger partial charge in [-0.2, -0.15) is 13.2 Å². The molecule has 1 fully saturated rings. The van der Waals surface area contributed by atoms with E-state index in [1.807, 2.05) is 0 Å². The molecule has 1 unspecified atom stereocenters. The second-order valence-corrected chi connectivity index (χ2v) is 3.45. The molecule has 1 aromatic rings. The molecule has 2 N–H and O–H groups in total. The van der Waals surface area contributed by atoms with Gasteiger partial charge in [-0.05, 0) is 5.27 Å². The van der Waals surface area contributed by atoms with Crippen LogP contribution in [0, 0.1) is 5.41 Å². The Bertz CT molecular complexity index is 411. The van der Waals surface area contributed by atoms with Crippen molar-refractivity contribution in [2.75, 3.05) is 24.6 Å². The van der Waals surface area contributed by atoms with E-state index in [9.17, 15) is 13.2 Å². The summed E-state index contributed by atoms with van der Waals surface area (Å²) in [5.74, 6) is 0. The van der Waals surface area contributed by atoms with Crippen molar-refractivity contribution in [2.45, 2.75) is 12.2 Å². The van der Waals surface area contributed by atoms with Gasteiger partial charge in [0.2, 0.25) is 0 Å². The van der Waals surface area contributed by atoms with Gasteiger partial charge in [-0.25, -0.2) is 0 Å². The van der Waals surface area contributed by atoms with Crippen molar-refractivity contribution in [3.63, 3.8) is 0 Å². The molecule has 0 aromatic carbocycles. The Morgan fingerprint density at radius 3 is 2.94 bits per heavy atom. The molecule has 0 radical (unpaired) electrons. The van der Waals surface area contributed by atoms with Crippen LogP contribution in [0.5, 0.6) is 0 Å². The zero-order valence-electron chi connectivity index (χ0n) is 8.16. The minimum atomic E-state index is -4.28. The summed E-state index contributed by atoms with van der Waals surface area (Å²) >= 11 is 0. The minimum Gasteiger partial charge on any atom is -0.380 e. The van der Waals surface area contributed by atoms with Crippen LogP contribution in [0.1, 0.15) is 0 Å². The Morgan fingerprint density at radius 2 is 2.38 bits per heavy atom. The van der Waals surface area contributed by atoms with Crippen molar-refractivity contribution < 1.29 is 22.5 Å². The van der Waals surface area contributed by atoms with Crippen molar-refractivity contribution in [3.05, 3.63) is 11.8 Å². The summed E-state index contributed by atoms with van der Waals surface area (Å²) in [6.45, 7) is 0.334. The van der Waals surface area contributed by atoms with Crippen LogP contribution in [0.4, 0.5) is 13.2 Å². The fraction of sp³-hybridized carbons (Fsp3) is 0.714. The van der Waals surface area contributed by atoms with Gasteiger partial charge >= 0.3 is 6.18 Å². The van der Waals surface area contributed by atoms with Crippen LogP contribution >= 0.6 is 0 Å². The van der Waals surface area contributed by atoms with Gasteiger partial charge in [0.25, 0.3) is 11.8 Å². The molecule has 16 heavy (non-hydrogen) atoms. The molecule has 1 aliphatic rings. The smallest absolute Gasteiger partial charge is 0.380 e. The highest BCUT2D eigenvalue weighted by Gasteiger charge is 2.41. The summed E-state index contributed by atoms with van der Waals surface area (Å²) in [6, 6.07) is -1.58. The number of halogens is 3. The van der Waals surface area contributed by atoms with E-state index in [2.05, 4.69) is 15.1 Å². The van der Waals surface area contributed by atoms with Crippen LogP contribution in [-0.4, -0.2) is 31.9 Å². The van der Waals surface area contributed by atoms with Crippen LogP contribution in [0.25, 0.3) is 0 Å². The first-order chi connectivity index (χ1) is 7.47. The van der Waals surface area contributed by atoms with Gasteiger partial charge in [0.05, 0.1) is 0 Å². The Balaban J connectivity index is 2.10. The van der Waals surface area contributed by atoms with E-state index in [1.54, 1.807) is 0 Å². The number of nitrogens with zero attached hydrogens (tertiary/aromatic N) is 3. The lowest BCUT2D eigenvalue weighted by Gasteiger charge is -2.34. The maximum atomic E-state index is 12.5. The predicted molar refractivity (Wildman–Crippen MR) is 43.9 cm³/mol. The topological polar surface area (TPSA) is 70.2 Å². The molecule has 9 heteroatoms. The normalized spacial score (nSPS) is 22.4. The van der Waals surface area contributed by atoms with Crippen molar-refractivity contribution >= 4 is 0 Å². The Hall–Kier alpha value is -1.51. The molecule has 2 rings (SSSR count). The first kappa shape index (κ1) is 11.0. The number of aromatic nitrogens is 2. The van der Waals surface area contributed by atoms with E-state index in [1.165, 1.54) is 11.2 Å². The van der Waals surface area contributed by atoms with Crippen LogP contribution in [0.15, 0.2) is 10.7 Å². The maximum absolute atomic E-state index is 12.5. The molecule has 1 aliphatic heterocycles. The van der Waals surface area contributed by atoms with Crippen LogP contribution in [0.3, 0.4) is 0 Å². The van der Waals surface area contributed by atoms with Crippen LogP contribution < -0.4 is 25.9 Å². The van der Waals surface area contributed by atoms with Gasteiger partial charge in [0.1, 0.15) is 6.04 Å². The summed E-state index contributed by atoms with van der Waals surface area (Å²) in [5, 5.41) is 14.3. The van der Waals surface area contributed by atoms with Crippen molar-refractivity contribution in [3.8, 4) is 0 Å². The minimum absolute atomic E-state index is 0.193. The summed E-state index contributed by atoms with van der Waals surface area (Å²) in [7, 11) is 0. The van der Waals surface area contributed by atoms with E-state index in [0.717, 1.165) is 4.79 Å². The molecule has 0 amide bonds. The molecule has 6 nitrogen and oxygen atoms in total. The molecule has 0 saturated carbocycles. The highest BCUT2D eigenvalue weighted by Crippen LogP contribution is 2.21. The van der Waals surface area contributed by atoms with E-state index in [0.29, 0.717) is 6.54 Å². The Kier molecular flexibility index (Phi) is 2.62. The number of alkyl halides is 3. The number of hydrogen-bond acceptors (Lipinski definition) is 4. The zero-order chi connectivity index (χ0) is 11.8. The van der Waals surface area contributed by atoms with Gasteiger partial charge < -0.3 is 9.84 Å². The highest BCUT2D eigenvalue weighted by atomic mass is 19.4. The molecule has 1 atom stereocenters. The quantitative estimate of drug-likeness (QED) is 0.582. The van der Waals surface area contributed by atoms with Gasteiger partial charge in [-0.1, -0.05) is 4.79 Å². The molecule has 2 heterocycles. The second kappa shape index (κ2) is 3.81. The first-order valence-corrected chi connectivity index (χ1v) is 4.62. The molecule has 90 valence electrons. The first-order valence-electron chi connectivity index (χ1n) is 4.62. The monoisotopic (exact) mass is 237 g/mol. The van der Waals surface area contributed by atoms with E-state index >= 15 is 0 Å². The average Bonchev–Trinajstić information content (AvgIpc) is 2.64. The average molecular weight is 237 g/mol. The Morgan fingerprint density at radius 1 is 1.62 bits per heavy atom. The van der Waals surface area contributed by atoms with Crippen molar-refractivity contribution in [1.29, 1.82) is 5.41 Å². The van der Waals surface area contributed by atoms with E-state index in [4.69, 9.17) is 5.41 Å². The maximum Gasteiger partial charge on any atom is 0.403 e. The Labute approximate surface area is 88.1 Å². The molecule has 0 spiro atoms. The van der Waals surface area contributed by atoms with Crippen molar-refractivity contribution in [1.82, 2.24) is 10.6 Å². The number of hydrogen-bond donors (Lipinski definition) is 2. The molecular formula is C7H10F3N5O. The third-order valence-corrected chi connectivity index (χ3v) is 2.29. The summed E-state index contributed by atoms with van der Waals surface area (Å²) in [4.78, 5) is 1.13. The number of piperazine rings is 1. The summed E-state index contributed by atoms with van der Waals surface area (Å²) in [6.07, 6.45) is -3.06. The third-order valence-electron chi connectivity index (χ3n) is 2.29. The largest absolute Gasteiger partial charge is 0.403 e. The highest BCUT2D eigenvalue weighted by molar-refractivity contribution is 4.90.